The van der Waals surface area contributed by atoms with Gasteiger partial charge in [-0.2, -0.15) is 0 Å². The average molecular weight is 352 g/mol. The quantitative estimate of drug-likeness (QED) is 0.780. The van der Waals surface area contributed by atoms with Gasteiger partial charge in [-0.05, 0) is 40.8 Å². The fraction of sp³-hybridized carbons (Fsp3) is 0.100. The van der Waals surface area contributed by atoms with E-state index in [1.54, 1.807) is 16.8 Å². The molecular formula is C10H7ClINOS. The summed E-state index contributed by atoms with van der Waals surface area (Å²) in [6.07, 6.45) is 0. The normalized spacial score (nSPS) is 10.3. The van der Waals surface area contributed by atoms with E-state index >= 15 is 0 Å². The highest BCUT2D eigenvalue weighted by molar-refractivity contribution is 14.1. The molecule has 1 aromatic heterocycles. The van der Waals surface area contributed by atoms with E-state index < -0.39 is 0 Å². The van der Waals surface area contributed by atoms with Gasteiger partial charge in [0, 0.05) is 10.4 Å². The van der Waals surface area contributed by atoms with Gasteiger partial charge in [-0.15, -0.1) is 11.3 Å². The standard InChI is InChI=1S/C10H7ClINOS/c11-7-1-2-9(12)10(3-7)14-4-8-5-15-6-13-8/h1-3,5-6H,4H2. The van der Waals surface area contributed by atoms with Crippen LogP contribution in [0.15, 0.2) is 29.1 Å². The van der Waals surface area contributed by atoms with Crippen molar-refractivity contribution in [2.75, 3.05) is 0 Å². The molecule has 0 amide bonds. The van der Waals surface area contributed by atoms with E-state index in [0.717, 1.165) is 15.0 Å². The molecule has 2 rings (SSSR count). The molecule has 2 aromatic rings. The molecule has 15 heavy (non-hydrogen) atoms. The lowest BCUT2D eigenvalue weighted by Crippen LogP contribution is -1.96. The number of benzene rings is 1. The summed E-state index contributed by atoms with van der Waals surface area (Å²) in [4.78, 5) is 4.14. The summed E-state index contributed by atoms with van der Waals surface area (Å²) in [6, 6.07) is 5.59. The monoisotopic (exact) mass is 351 g/mol. The van der Waals surface area contributed by atoms with Crippen molar-refractivity contribution in [1.29, 1.82) is 0 Å². The Kier molecular flexibility index (Phi) is 3.82. The van der Waals surface area contributed by atoms with E-state index in [4.69, 9.17) is 16.3 Å². The topological polar surface area (TPSA) is 22.1 Å². The van der Waals surface area contributed by atoms with E-state index in [-0.39, 0.29) is 0 Å². The van der Waals surface area contributed by atoms with E-state index in [1.165, 1.54) is 0 Å². The minimum atomic E-state index is 0.486. The lowest BCUT2D eigenvalue weighted by Gasteiger charge is -2.06. The summed E-state index contributed by atoms with van der Waals surface area (Å²) in [7, 11) is 0. The molecule has 0 bridgehead atoms. The molecule has 0 aliphatic carbocycles. The van der Waals surface area contributed by atoms with Gasteiger partial charge in [-0.25, -0.2) is 4.98 Å². The minimum Gasteiger partial charge on any atom is -0.486 e. The van der Waals surface area contributed by atoms with E-state index in [1.807, 2.05) is 23.6 Å². The molecule has 0 spiro atoms. The highest BCUT2D eigenvalue weighted by atomic mass is 127. The zero-order valence-corrected chi connectivity index (χ0v) is 11.3. The van der Waals surface area contributed by atoms with Crippen LogP contribution in [-0.2, 0) is 6.61 Å². The average Bonchev–Trinajstić information content (AvgIpc) is 2.72. The van der Waals surface area contributed by atoms with Crippen molar-refractivity contribution in [3.8, 4) is 5.75 Å². The minimum absolute atomic E-state index is 0.486. The van der Waals surface area contributed by atoms with Gasteiger partial charge in [0.15, 0.2) is 0 Å². The first kappa shape index (κ1) is 11.2. The second kappa shape index (κ2) is 5.14. The van der Waals surface area contributed by atoms with Crippen LogP contribution in [-0.4, -0.2) is 4.98 Å². The van der Waals surface area contributed by atoms with Gasteiger partial charge in [-0.3, -0.25) is 0 Å². The molecule has 0 saturated heterocycles. The van der Waals surface area contributed by atoms with Gasteiger partial charge < -0.3 is 4.74 Å². The number of thiazole rings is 1. The first-order chi connectivity index (χ1) is 7.25. The Bertz CT molecular complexity index is 447. The molecule has 0 fully saturated rings. The Hall–Kier alpha value is -0.330. The summed E-state index contributed by atoms with van der Waals surface area (Å²) in [5, 5.41) is 2.65. The van der Waals surface area contributed by atoms with Crippen molar-refractivity contribution in [1.82, 2.24) is 4.98 Å². The van der Waals surface area contributed by atoms with Gasteiger partial charge in [0.25, 0.3) is 0 Å². The largest absolute Gasteiger partial charge is 0.486 e. The summed E-state index contributed by atoms with van der Waals surface area (Å²) in [5.41, 5.74) is 2.73. The number of nitrogens with zero attached hydrogens (tertiary/aromatic N) is 1. The zero-order chi connectivity index (χ0) is 10.7. The van der Waals surface area contributed by atoms with E-state index in [2.05, 4.69) is 27.6 Å². The fourth-order valence-electron chi connectivity index (χ4n) is 1.05. The smallest absolute Gasteiger partial charge is 0.134 e. The Balaban J connectivity index is 2.07. The molecule has 0 saturated carbocycles. The summed E-state index contributed by atoms with van der Waals surface area (Å²) in [6.45, 7) is 0.486. The molecule has 0 aliphatic rings. The van der Waals surface area contributed by atoms with Crippen molar-refractivity contribution in [2.45, 2.75) is 6.61 Å². The number of hydrogen-bond acceptors (Lipinski definition) is 3. The maximum atomic E-state index is 5.88. The Morgan fingerprint density at radius 2 is 2.33 bits per heavy atom. The maximum Gasteiger partial charge on any atom is 0.134 e. The highest BCUT2D eigenvalue weighted by Gasteiger charge is 2.03. The van der Waals surface area contributed by atoms with Crippen LogP contribution in [0.2, 0.25) is 5.02 Å². The van der Waals surface area contributed by atoms with Crippen LogP contribution in [0.5, 0.6) is 5.75 Å². The predicted molar refractivity (Wildman–Crippen MR) is 70.6 cm³/mol. The van der Waals surface area contributed by atoms with Crippen molar-refractivity contribution < 1.29 is 4.74 Å². The van der Waals surface area contributed by atoms with Gasteiger partial charge in [0.2, 0.25) is 0 Å². The Morgan fingerprint density at radius 1 is 1.47 bits per heavy atom. The van der Waals surface area contributed by atoms with Crippen molar-refractivity contribution in [2.24, 2.45) is 0 Å². The summed E-state index contributed by atoms with van der Waals surface area (Å²) >= 11 is 9.66. The molecule has 1 heterocycles. The van der Waals surface area contributed by atoms with Crippen molar-refractivity contribution >= 4 is 45.5 Å². The van der Waals surface area contributed by atoms with Crippen molar-refractivity contribution in [3.05, 3.63) is 43.4 Å². The molecule has 0 atom stereocenters. The molecule has 0 N–H and O–H groups in total. The summed E-state index contributed by atoms with van der Waals surface area (Å²) < 4.78 is 6.66. The third kappa shape index (κ3) is 3.06. The molecule has 5 heteroatoms. The first-order valence-electron chi connectivity index (χ1n) is 4.20. The number of hydrogen-bond donors (Lipinski definition) is 0. The molecule has 0 radical (unpaired) electrons. The molecule has 0 aliphatic heterocycles. The number of rotatable bonds is 3. The van der Waals surface area contributed by atoms with Crippen molar-refractivity contribution in [3.63, 3.8) is 0 Å². The molecule has 78 valence electrons. The molecule has 1 aromatic carbocycles. The van der Waals surface area contributed by atoms with Crippen LogP contribution in [0.3, 0.4) is 0 Å². The first-order valence-corrected chi connectivity index (χ1v) is 6.60. The number of halogens is 2. The number of aromatic nitrogens is 1. The lowest BCUT2D eigenvalue weighted by atomic mass is 10.3. The number of ether oxygens (including phenoxy) is 1. The molecule has 0 unspecified atom stereocenters. The zero-order valence-electron chi connectivity index (χ0n) is 7.61. The lowest BCUT2D eigenvalue weighted by molar-refractivity contribution is 0.300. The summed E-state index contributed by atoms with van der Waals surface area (Å²) in [5.74, 6) is 0.802. The van der Waals surface area contributed by atoms with Crippen LogP contribution < -0.4 is 4.74 Å². The van der Waals surface area contributed by atoms with Crippen LogP contribution in [0, 0.1) is 3.57 Å². The van der Waals surface area contributed by atoms with E-state index in [0.29, 0.717) is 11.6 Å². The van der Waals surface area contributed by atoms with Gasteiger partial charge >= 0.3 is 0 Å². The van der Waals surface area contributed by atoms with Crippen LogP contribution in [0.4, 0.5) is 0 Å². The highest BCUT2D eigenvalue weighted by Crippen LogP contribution is 2.25. The van der Waals surface area contributed by atoms with Gasteiger partial charge in [-0.1, -0.05) is 11.6 Å². The second-order valence-corrected chi connectivity index (χ2v) is 5.16. The van der Waals surface area contributed by atoms with Gasteiger partial charge in [0.1, 0.15) is 12.4 Å². The maximum absolute atomic E-state index is 5.88. The SMILES string of the molecule is Clc1ccc(I)c(OCc2cscn2)c1. The Morgan fingerprint density at radius 3 is 3.07 bits per heavy atom. The third-order valence-electron chi connectivity index (χ3n) is 1.75. The molecule has 2 nitrogen and oxygen atoms in total. The van der Waals surface area contributed by atoms with Gasteiger partial charge in [0.05, 0.1) is 14.8 Å². The van der Waals surface area contributed by atoms with E-state index in [9.17, 15) is 0 Å². The van der Waals surface area contributed by atoms with Crippen LogP contribution in [0.1, 0.15) is 5.69 Å². The predicted octanol–water partition coefficient (Wildman–Crippen LogP) is 3.98. The second-order valence-electron chi connectivity index (χ2n) is 2.84. The van der Waals surface area contributed by atoms with Crippen LogP contribution >= 0.6 is 45.5 Å². The molecular weight excluding hydrogens is 345 g/mol. The van der Waals surface area contributed by atoms with Crippen LogP contribution in [0.25, 0.3) is 0 Å². The fourth-order valence-corrected chi connectivity index (χ4v) is 2.24. The Labute approximate surface area is 110 Å². The third-order valence-corrected chi connectivity index (χ3v) is 3.51.